The van der Waals surface area contributed by atoms with Crippen molar-refractivity contribution in [1.29, 1.82) is 0 Å². The van der Waals surface area contributed by atoms with Crippen LogP contribution in [0.15, 0.2) is 59.0 Å². The van der Waals surface area contributed by atoms with Crippen molar-refractivity contribution in [1.82, 2.24) is 0 Å². The standard InChI is InChI=1S/C28H24FNO4/c1-15-6-5-7-20(16(15)2)30-27(32)26-17(3)24-22(33-26)12-13-23-25(24)21(31)14-28(4,34-23)18-8-10-19(29)11-9-18/h5-13H,14H2,1-4H3,(H,30,32)/t28-/m1/s1. The maximum Gasteiger partial charge on any atom is 0.291 e. The average Bonchev–Trinajstić information content (AvgIpc) is 3.13. The maximum absolute atomic E-state index is 13.4. The van der Waals surface area contributed by atoms with Crippen LogP contribution in [0.5, 0.6) is 5.75 Å². The van der Waals surface area contributed by atoms with Gasteiger partial charge in [0.15, 0.2) is 11.5 Å². The molecule has 1 aromatic heterocycles. The van der Waals surface area contributed by atoms with Gasteiger partial charge in [-0.05, 0) is 74.7 Å². The molecule has 0 spiro atoms. The summed E-state index contributed by atoms with van der Waals surface area (Å²) in [6.45, 7) is 7.51. The van der Waals surface area contributed by atoms with Gasteiger partial charge in [0.2, 0.25) is 0 Å². The van der Waals surface area contributed by atoms with E-state index in [0.29, 0.717) is 39.1 Å². The minimum Gasteiger partial charge on any atom is -0.482 e. The third-order valence-electron chi connectivity index (χ3n) is 6.68. The Morgan fingerprint density at radius 3 is 2.47 bits per heavy atom. The number of Topliss-reactive ketones (excluding diaryl/α,β-unsaturated/α-hetero) is 1. The Morgan fingerprint density at radius 1 is 1.00 bits per heavy atom. The van der Waals surface area contributed by atoms with Crippen LogP contribution in [-0.4, -0.2) is 11.7 Å². The summed E-state index contributed by atoms with van der Waals surface area (Å²) in [6.07, 6.45) is 0.0827. The molecule has 1 aliphatic rings. The molecule has 0 fully saturated rings. The van der Waals surface area contributed by atoms with Gasteiger partial charge in [-0.25, -0.2) is 4.39 Å². The summed E-state index contributed by atoms with van der Waals surface area (Å²) < 4.78 is 25.6. The smallest absolute Gasteiger partial charge is 0.291 e. The van der Waals surface area contributed by atoms with Crippen LogP contribution in [0.3, 0.4) is 0 Å². The predicted molar refractivity (Wildman–Crippen MR) is 128 cm³/mol. The fourth-order valence-electron chi connectivity index (χ4n) is 4.60. The molecule has 0 saturated heterocycles. The molecule has 1 atom stereocenters. The maximum atomic E-state index is 13.4. The van der Waals surface area contributed by atoms with Crippen molar-refractivity contribution < 1.29 is 23.1 Å². The second-order valence-corrected chi connectivity index (χ2v) is 9.01. The number of anilines is 1. The highest BCUT2D eigenvalue weighted by molar-refractivity contribution is 6.15. The minimum atomic E-state index is -0.925. The Bertz CT molecular complexity index is 1470. The second-order valence-electron chi connectivity index (χ2n) is 9.01. The largest absolute Gasteiger partial charge is 0.482 e. The van der Waals surface area contributed by atoms with E-state index in [9.17, 15) is 14.0 Å². The fraction of sp³-hybridized carbons (Fsp3) is 0.214. The predicted octanol–water partition coefficient (Wildman–Crippen LogP) is 6.63. The van der Waals surface area contributed by atoms with Crippen LogP contribution in [0.1, 0.15) is 56.5 Å². The molecule has 6 heteroatoms. The Hall–Kier alpha value is -3.93. The zero-order valence-electron chi connectivity index (χ0n) is 19.4. The first-order valence-corrected chi connectivity index (χ1v) is 11.1. The number of aryl methyl sites for hydroxylation is 2. The molecule has 5 nitrogen and oxygen atoms in total. The van der Waals surface area contributed by atoms with Gasteiger partial charge in [0.1, 0.15) is 22.8 Å². The average molecular weight is 458 g/mol. The van der Waals surface area contributed by atoms with Crippen molar-refractivity contribution >= 4 is 28.3 Å². The Labute approximate surface area is 196 Å². The summed E-state index contributed by atoms with van der Waals surface area (Å²) in [6, 6.07) is 15.1. The molecule has 34 heavy (non-hydrogen) atoms. The van der Waals surface area contributed by atoms with E-state index in [1.807, 2.05) is 39.0 Å². The van der Waals surface area contributed by atoms with Gasteiger partial charge in [-0.2, -0.15) is 0 Å². The number of nitrogens with one attached hydrogen (secondary N) is 1. The number of halogens is 1. The lowest BCUT2D eigenvalue weighted by atomic mass is 9.84. The minimum absolute atomic E-state index is 0.0827. The molecular formula is C28H24FNO4. The van der Waals surface area contributed by atoms with Crippen LogP contribution in [-0.2, 0) is 5.60 Å². The summed E-state index contributed by atoms with van der Waals surface area (Å²) in [5.41, 5.74) is 3.98. The van der Waals surface area contributed by atoms with Crippen molar-refractivity contribution in [2.75, 3.05) is 5.32 Å². The number of rotatable bonds is 3. The molecule has 0 unspecified atom stereocenters. The molecule has 1 amide bonds. The van der Waals surface area contributed by atoms with Crippen molar-refractivity contribution in [2.24, 2.45) is 0 Å². The van der Waals surface area contributed by atoms with E-state index in [-0.39, 0.29) is 29.7 Å². The van der Waals surface area contributed by atoms with Gasteiger partial charge in [0, 0.05) is 16.6 Å². The van der Waals surface area contributed by atoms with Gasteiger partial charge in [0.25, 0.3) is 5.91 Å². The molecule has 0 bridgehead atoms. The first kappa shape index (κ1) is 21.9. The van der Waals surface area contributed by atoms with Crippen LogP contribution >= 0.6 is 0 Å². The lowest BCUT2D eigenvalue weighted by Crippen LogP contribution is -2.36. The third kappa shape index (κ3) is 3.46. The Kier molecular flexibility index (Phi) is 5.04. The SMILES string of the molecule is Cc1cccc(NC(=O)c2oc3ccc4c(c3c2C)C(=O)C[C@](C)(c2ccc(F)cc2)O4)c1C. The summed E-state index contributed by atoms with van der Waals surface area (Å²) in [5, 5.41) is 3.50. The van der Waals surface area contributed by atoms with Gasteiger partial charge in [0.05, 0.1) is 12.0 Å². The number of ether oxygens (including phenoxy) is 1. The fourth-order valence-corrected chi connectivity index (χ4v) is 4.60. The van der Waals surface area contributed by atoms with Gasteiger partial charge in [-0.15, -0.1) is 0 Å². The summed E-state index contributed by atoms with van der Waals surface area (Å²) >= 11 is 0. The van der Waals surface area contributed by atoms with Crippen molar-refractivity contribution in [3.8, 4) is 5.75 Å². The molecule has 0 saturated carbocycles. The summed E-state index contributed by atoms with van der Waals surface area (Å²) in [5.74, 6) is -0.275. The lowest BCUT2D eigenvalue weighted by molar-refractivity contribution is 0.0507. The highest BCUT2D eigenvalue weighted by Crippen LogP contribution is 2.44. The van der Waals surface area contributed by atoms with Crippen molar-refractivity contribution in [2.45, 2.75) is 39.7 Å². The highest BCUT2D eigenvalue weighted by Gasteiger charge is 2.40. The molecule has 3 aromatic carbocycles. The van der Waals surface area contributed by atoms with Crippen molar-refractivity contribution in [3.05, 3.63) is 94.0 Å². The van der Waals surface area contributed by atoms with E-state index in [1.54, 1.807) is 31.2 Å². The Morgan fingerprint density at radius 2 is 1.74 bits per heavy atom. The van der Waals surface area contributed by atoms with E-state index in [2.05, 4.69) is 5.32 Å². The van der Waals surface area contributed by atoms with Gasteiger partial charge in [-0.3, -0.25) is 9.59 Å². The van der Waals surface area contributed by atoms with Gasteiger partial charge >= 0.3 is 0 Å². The Balaban J connectivity index is 1.54. The quantitative estimate of drug-likeness (QED) is 0.375. The number of ketones is 1. The number of fused-ring (bicyclic) bond motifs is 3. The number of benzene rings is 3. The van der Waals surface area contributed by atoms with Gasteiger partial charge < -0.3 is 14.5 Å². The van der Waals surface area contributed by atoms with Gasteiger partial charge in [-0.1, -0.05) is 24.3 Å². The van der Waals surface area contributed by atoms with E-state index in [0.717, 1.165) is 11.1 Å². The zero-order chi connectivity index (χ0) is 24.2. The molecule has 1 aliphatic heterocycles. The summed E-state index contributed by atoms with van der Waals surface area (Å²) in [4.78, 5) is 26.4. The number of amides is 1. The molecule has 4 aromatic rings. The first-order chi connectivity index (χ1) is 16.2. The lowest BCUT2D eigenvalue weighted by Gasteiger charge is -2.35. The second kappa shape index (κ2) is 7.83. The third-order valence-corrected chi connectivity index (χ3v) is 6.68. The number of hydrogen-bond acceptors (Lipinski definition) is 4. The molecular weight excluding hydrogens is 433 g/mol. The van der Waals surface area contributed by atoms with E-state index >= 15 is 0 Å². The zero-order valence-corrected chi connectivity index (χ0v) is 19.4. The van der Waals surface area contributed by atoms with E-state index < -0.39 is 5.60 Å². The molecule has 172 valence electrons. The molecule has 0 radical (unpaired) electrons. The first-order valence-electron chi connectivity index (χ1n) is 11.1. The van der Waals surface area contributed by atoms with Crippen LogP contribution < -0.4 is 10.1 Å². The topological polar surface area (TPSA) is 68.5 Å². The molecule has 1 N–H and O–H groups in total. The molecule has 0 aliphatic carbocycles. The number of carbonyl (C=O) groups excluding carboxylic acids is 2. The van der Waals surface area contributed by atoms with Crippen LogP contribution in [0.2, 0.25) is 0 Å². The molecule has 2 heterocycles. The monoisotopic (exact) mass is 457 g/mol. The number of furan rings is 1. The normalized spacial score (nSPS) is 17.4. The van der Waals surface area contributed by atoms with Crippen LogP contribution in [0.25, 0.3) is 11.0 Å². The van der Waals surface area contributed by atoms with Crippen molar-refractivity contribution in [3.63, 3.8) is 0 Å². The van der Waals surface area contributed by atoms with Crippen LogP contribution in [0.4, 0.5) is 10.1 Å². The van der Waals surface area contributed by atoms with E-state index in [4.69, 9.17) is 9.15 Å². The summed E-state index contributed by atoms with van der Waals surface area (Å²) in [7, 11) is 0. The number of carbonyl (C=O) groups is 2. The van der Waals surface area contributed by atoms with Crippen LogP contribution in [0, 0.1) is 26.6 Å². The highest BCUT2D eigenvalue weighted by atomic mass is 19.1. The number of hydrogen-bond donors (Lipinski definition) is 1. The molecule has 5 rings (SSSR count). The van der Waals surface area contributed by atoms with E-state index in [1.165, 1.54) is 12.1 Å².